The van der Waals surface area contributed by atoms with Gasteiger partial charge >= 0.3 is 0 Å². The minimum absolute atomic E-state index is 0.210. The summed E-state index contributed by atoms with van der Waals surface area (Å²) in [4.78, 5) is 0.210. The summed E-state index contributed by atoms with van der Waals surface area (Å²) in [5.41, 5.74) is 1.78. The van der Waals surface area contributed by atoms with Crippen molar-refractivity contribution in [3.05, 3.63) is 44.6 Å². The lowest BCUT2D eigenvalue weighted by Crippen LogP contribution is -2.23. The van der Waals surface area contributed by atoms with Crippen molar-refractivity contribution in [1.82, 2.24) is 14.5 Å². The molecule has 0 unspecified atom stereocenters. The van der Waals surface area contributed by atoms with Gasteiger partial charge in [-0.3, -0.25) is 4.68 Å². The van der Waals surface area contributed by atoms with Crippen LogP contribution in [0.5, 0.6) is 0 Å². The highest BCUT2D eigenvalue weighted by Gasteiger charge is 2.18. The van der Waals surface area contributed by atoms with E-state index in [-0.39, 0.29) is 11.4 Å². The largest absolute Gasteiger partial charge is 0.273 e. The summed E-state index contributed by atoms with van der Waals surface area (Å²) in [5, 5.41) is 4.09. The molecule has 2 aromatic rings. The van der Waals surface area contributed by atoms with Crippen LogP contribution in [-0.2, 0) is 23.6 Å². The van der Waals surface area contributed by atoms with Crippen LogP contribution in [0.15, 0.2) is 38.2 Å². The van der Waals surface area contributed by atoms with E-state index in [1.165, 1.54) is 0 Å². The summed E-state index contributed by atoms with van der Waals surface area (Å²) in [7, 11) is -1.75. The van der Waals surface area contributed by atoms with Crippen LogP contribution in [0.1, 0.15) is 11.3 Å². The number of hydrogen-bond donors (Lipinski definition) is 1. The smallest absolute Gasteiger partial charge is 0.241 e. The molecule has 5 nitrogen and oxygen atoms in total. The van der Waals surface area contributed by atoms with Crippen molar-refractivity contribution in [1.29, 1.82) is 0 Å². The third-order valence-corrected chi connectivity index (χ3v) is 5.84. The van der Waals surface area contributed by atoms with Crippen molar-refractivity contribution in [3.8, 4) is 0 Å². The Balaban J connectivity index is 2.21. The van der Waals surface area contributed by atoms with E-state index in [2.05, 4.69) is 41.7 Å². The zero-order chi connectivity index (χ0) is 14.9. The van der Waals surface area contributed by atoms with E-state index in [0.29, 0.717) is 4.47 Å². The van der Waals surface area contributed by atoms with Crippen molar-refractivity contribution in [3.63, 3.8) is 0 Å². The maximum atomic E-state index is 12.3. The van der Waals surface area contributed by atoms with Gasteiger partial charge in [0, 0.05) is 33.8 Å². The number of aryl methyl sites for hydroxylation is 1. The molecule has 0 aliphatic carbocycles. The Morgan fingerprint density at radius 2 is 2.05 bits per heavy atom. The molecular formula is C12H13Br2N3O2S. The zero-order valence-electron chi connectivity index (χ0n) is 10.9. The first kappa shape index (κ1) is 15.7. The number of rotatable bonds is 4. The molecule has 0 fully saturated rings. The van der Waals surface area contributed by atoms with Crippen molar-refractivity contribution in [2.24, 2.45) is 7.05 Å². The maximum Gasteiger partial charge on any atom is 0.241 e. The predicted molar refractivity (Wildman–Crippen MR) is 83.8 cm³/mol. The molecule has 0 atom stereocenters. The van der Waals surface area contributed by atoms with Gasteiger partial charge in [0.1, 0.15) is 0 Å². The number of halogens is 2. The zero-order valence-corrected chi connectivity index (χ0v) is 14.9. The molecule has 1 heterocycles. The topological polar surface area (TPSA) is 64.0 Å². The van der Waals surface area contributed by atoms with Crippen LogP contribution in [-0.4, -0.2) is 18.2 Å². The molecular weight excluding hydrogens is 410 g/mol. The number of aromatic nitrogens is 2. The summed E-state index contributed by atoms with van der Waals surface area (Å²) >= 11 is 6.56. The van der Waals surface area contributed by atoms with Crippen LogP contribution < -0.4 is 4.72 Å². The number of nitrogens with one attached hydrogen (secondary N) is 1. The molecule has 2 rings (SSSR count). The second-order valence-electron chi connectivity index (χ2n) is 4.28. The first-order valence-corrected chi connectivity index (χ1v) is 8.80. The average Bonchev–Trinajstić information content (AvgIpc) is 2.67. The van der Waals surface area contributed by atoms with Crippen LogP contribution in [0.4, 0.5) is 0 Å². The Morgan fingerprint density at radius 1 is 1.35 bits per heavy atom. The highest BCUT2D eigenvalue weighted by Crippen LogP contribution is 2.25. The number of sulfonamides is 1. The fraction of sp³-hybridized carbons (Fsp3) is 0.250. The van der Waals surface area contributed by atoms with Gasteiger partial charge in [-0.1, -0.05) is 15.9 Å². The molecule has 0 spiro atoms. The van der Waals surface area contributed by atoms with Gasteiger partial charge in [-0.2, -0.15) is 5.10 Å². The van der Waals surface area contributed by atoms with E-state index in [9.17, 15) is 8.42 Å². The molecule has 1 aromatic carbocycles. The summed E-state index contributed by atoms with van der Waals surface area (Å²) in [5.74, 6) is 0. The Kier molecular flexibility index (Phi) is 4.68. The summed E-state index contributed by atoms with van der Waals surface area (Å²) in [6.07, 6.45) is 1.66. The van der Waals surface area contributed by atoms with Crippen molar-refractivity contribution in [2.45, 2.75) is 18.4 Å². The van der Waals surface area contributed by atoms with Crippen LogP contribution in [0.3, 0.4) is 0 Å². The van der Waals surface area contributed by atoms with Gasteiger partial charge in [0.2, 0.25) is 10.0 Å². The highest BCUT2D eigenvalue weighted by atomic mass is 79.9. The first-order valence-electron chi connectivity index (χ1n) is 5.73. The van der Waals surface area contributed by atoms with E-state index in [1.807, 2.05) is 14.0 Å². The Labute approximate surface area is 134 Å². The van der Waals surface area contributed by atoms with Crippen LogP contribution in [0.25, 0.3) is 0 Å². The standard InChI is InChI=1S/C12H13Br2N3O2S/c1-8-9(6-15-17(8)2)7-16-20(18,19)12-4-3-10(13)5-11(12)14/h3-6,16H,7H2,1-2H3. The fourth-order valence-corrected chi connectivity index (χ4v) is 4.41. The second-order valence-corrected chi connectivity index (χ2v) is 7.78. The molecule has 1 N–H and O–H groups in total. The van der Waals surface area contributed by atoms with Gasteiger partial charge in [0.25, 0.3) is 0 Å². The molecule has 0 aliphatic rings. The molecule has 1 aromatic heterocycles. The van der Waals surface area contributed by atoms with E-state index >= 15 is 0 Å². The quantitative estimate of drug-likeness (QED) is 0.823. The molecule has 0 saturated heterocycles. The molecule has 20 heavy (non-hydrogen) atoms. The van der Waals surface area contributed by atoms with Crippen LogP contribution in [0, 0.1) is 6.92 Å². The van der Waals surface area contributed by atoms with Gasteiger partial charge in [0.05, 0.1) is 11.1 Å². The molecule has 8 heteroatoms. The van der Waals surface area contributed by atoms with E-state index in [0.717, 1.165) is 15.7 Å². The molecule has 0 amide bonds. The Hall–Kier alpha value is -0.700. The van der Waals surface area contributed by atoms with E-state index in [4.69, 9.17) is 0 Å². The molecule has 0 saturated carbocycles. The van der Waals surface area contributed by atoms with Crippen molar-refractivity contribution in [2.75, 3.05) is 0 Å². The minimum Gasteiger partial charge on any atom is -0.273 e. The van der Waals surface area contributed by atoms with Gasteiger partial charge in [-0.15, -0.1) is 0 Å². The average molecular weight is 423 g/mol. The summed E-state index contributed by atoms with van der Waals surface area (Å²) in [6, 6.07) is 4.94. The van der Waals surface area contributed by atoms with Gasteiger partial charge in [0.15, 0.2) is 0 Å². The number of nitrogens with zero attached hydrogens (tertiary/aromatic N) is 2. The lowest BCUT2D eigenvalue weighted by Gasteiger charge is -2.08. The molecule has 0 aliphatic heterocycles. The molecule has 0 radical (unpaired) electrons. The fourth-order valence-electron chi connectivity index (χ4n) is 1.66. The van der Waals surface area contributed by atoms with E-state index < -0.39 is 10.0 Å². The first-order chi connectivity index (χ1) is 9.31. The van der Waals surface area contributed by atoms with Crippen molar-refractivity contribution < 1.29 is 8.42 Å². The maximum absolute atomic E-state index is 12.3. The minimum atomic E-state index is -3.57. The SMILES string of the molecule is Cc1c(CNS(=O)(=O)c2ccc(Br)cc2Br)cnn1C. The van der Waals surface area contributed by atoms with Crippen LogP contribution >= 0.6 is 31.9 Å². The Bertz CT molecular complexity index is 741. The van der Waals surface area contributed by atoms with Crippen LogP contribution in [0.2, 0.25) is 0 Å². The summed E-state index contributed by atoms with van der Waals surface area (Å²) < 4.78 is 30.2. The lowest BCUT2D eigenvalue weighted by molar-refractivity contribution is 0.580. The third kappa shape index (κ3) is 3.30. The van der Waals surface area contributed by atoms with E-state index in [1.54, 1.807) is 29.1 Å². The number of hydrogen-bond acceptors (Lipinski definition) is 3. The Morgan fingerprint density at radius 3 is 2.60 bits per heavy atom. The van der Waals surface area contributed by atoms with Gasteiger partial charge in [-0.05, 0) is 41.1 Å². The van der Waals surface area contributed by atoms with Crippen molar-refractivity contribution >= 4 is 41.9 Å². The number of benzene rings is 1. The molecule has 108 valence electrons. The normalized spacial score (nSPS) is 11.8. The monoisotopic (exact) mass is 421 g/mol. The molecule has 0 bridgehead atoms. The highest BCUT2D eigenvalue weighted by molar-refractivity contribution is 9.11. The summed E-state index contributed by atoms with van der Waals surface area (Å²) in [6.45, 7) is 2.11. The lowest BCUT2D eigenvalue weighted by atomic mass is 10.3. The second kappa shape index (κ2) is 5.97. The third-order valence-electron chi connectivity index (χ3n) is 2.97. The van der Waals surface area contributed by atoms with Gasteiger partial charge in [-0.25, -0.2) is 13.1 Å². The van der Waals surface area contributed by atoms with Gasteiger partial charge < -0.3 is 0 Å². The predicted octanol–water partition coefficient (Wildman–Crippen LogP) is 2.73.